The molecule has 0 fully saturated rings. The molecule has 3 aromatic rings. The molecule has 1 aliphatic heterocycles. The zero-order valence-electron chi connectivity index (χ0n) is 18.1. The van der Waals surface area contributed by atoms with Crippen molar-refractivity contribution < 1.29 is 19.0 Å². The highest BCUT2D eigenvalue weighted by molar-refractivity contribution is 6.55. The van der Waals surface area contributed by atoms with E-state index in [0.29, 0.717) is 21.2 Å². The largest absolute Gasteiger partial charge is 0.479 e. The quantitative estimate of drug-likeness (QED) is 0.130. The van der Waals surface area contributed by atoms with Crippen LogP contribution in [0.15, 0.2) is 47.9 Å². The third-order valence-corrected chi connectivity index (χ3v) is 8.18. The summed E-state index contributed by atoms with van der Waals surface area (Å²) in [6.45, 7) is -0.585. The molecule has 1 unspecified atom stereocenters. The van der Waals surface area contributed by atoms with Gasteiger partial charge in [-0.05, 0) is 23.8 Å². The fraction of sp³-hybridized carbons (Fsp3) is 0.0833. The number of nitrogens with zero attached hydrogens (tertiary/aromatic N) is 1. The number of hydrogen-bond donors (Lipinski definition) is 1. The lowest BCUT2D eigenvalue weighted by Crippen LogP contribution is -2.22. The first kappa shape index (κ1) is 27.8. The first-order chi connectivity index (χ1) is 17.5. The zero-order valence-corrected chi connectivity index (χ0v) is 23.3. The van der Waals surface area contributed by atoms with Gasteiger partial charge in [-0.1, -0.05) is 93.3 Å². The van der Waals surface area contributed by atoms with Crippen LogP contribution in [0.4, 0.5) is 0 Å². The summed E-state index contributed by atoms with van der Waals surface area (Å²) < 4.78 is 16.4. The van der Waals surface area contributed by atoms with Crippen LogP contribution in [0.1, 0.15) is 17.0 Å². The minimum Gasteiger partial charge on any atom is -0.479 e. The highest BCUT2D eigenvalue weighted by Gasteiger charge is 2.31. The number of carbonyl (C=O) groups excluding carboxylic acids is 1. The van der Waals surface area contributed by atoms with E-state index in [0.717, 1.165) is 0 Å². The Kier molecular flexibility index (Phi) is 8.47. The van der Waals surface area contributed by atoms with E-state index in [-0.39, 0.29) is 53.8 Å². The van der Waals surface area contributed by atoms with Crippen molar-refractivity contribution in [1.82, 2.24) is 0 Å². The number of ether oxygens (including phenoxy) is 3. The second kappa shape index (κ2) is 11.3. The molecular formula is C24H11Cl7N2O4. The molecule has 1 aliphatic rings. The molecule has 37 heavy (non-hydrogen) atoms. The molecule has 0 aliphatic carbocycles. The fourth-order valence-corrected chi connectivity index (χ4v) is 5.07. The summed E-state index contributed by atoms with van der Waals surface area (Å²) in [5, 5.41) is 9.96. The molecule has 0 saturated heterocycles. The standard InChI is InChI=1S/C24H11Cl7N2O4/c25-13-4-1-9(5-14(13)26)17-11-3-2-10(6-15(11)37-24(33)12(17)7-32)36-16(34)8-35-23-21(30)19(28)18(27)20(29)22(23)31/h1-6,17H,8,33H2. The van der Waals surface area contributed by atoms with Gasteiger partial charge in [-0.3, -0.25) is 0 Å². The molecule has 0 bridgehead atoms. The summed E-state index contributed by atoms with van der Waals surface area (Å²) in [6, 6.07) is 11.7. The molecule has 13 heteroatoms. The summed E-state index contributed by atoms with van der Waals surface area (Å²) in [6.07, 6.45) is 0. The van der Waals surface area contributed by atoms with Gasteiger partial charge in [-0.15, -0.1) is 0 Å². The molecule has 0 radical (unpaired) electrons. The highest BCUT2D eigenvalue weighted by Crippen LogP contribution is 2.48. The lowest BCUT2D eigenvalue weighted by Gasteiger charge is -2.27. The number of fused-ring (bicyclic) bond motifs is 1. The number of esters is 1. The summed E-state index contributed by atoms with van der Waals surface area (Å²) in [5.74, 6) is -1.20. The van der Waals surface area contributed by atoms with Crippen LogP contribution in [-0.4, -0.2) is 12.6 Å². The predicted octanol–water partition coefficient (Wildman–Crippen LogP) is 8.46. The number of hydrogen-bond acceptors (Lipinski definition) is 6. The molecule has 0 amide bonds. The van der Waals surface area contributed by atoms with Gasteiger partial charge in [-0.2, -0.15) is 5.26 Å². The number of rotatable bonds is 5. The maximum absolute atomic E-state index is 12.5. The molecule has 4 rings (SSSR count). The second-order valence-corrected chi connectivity index (χ2v) is 10.2. The van der Waals surface area contributed by atoms with Crippen LogP contribution in [-0.2, 0) is 4.79 Å². The van der Waals surface area contributed by atoms with Crippen LogP contribution in [0, 0.1) is 11.3 Å². The van der Waals surface area contributed by atoms with Gasteiger partial charge in [-0.25, -0.2) is 4.79 Å². The van der Waals surface area contributed by atoms with E-state index >= 15 is 0 Å². The monoisotopic (exact) mass is 636 g/mol. The van der Waals surface area contributed by atoms with Gasteiger partial charge in [0.15, 0.2) is 12.4 Å². The number of allylic oxidation sites excluding steroid dienone is 1. The highest BCUT2D eigenvalue weighted by atomic mass is 35.5. The second-order valence-electron chi connectivity index (χ2n) is 7.46. The Balaban J connectivity index is 1.57. The van der Waals surface area contributed by atoms with Crippen molar-refractivity contribution in [2.45, 2.75) is 5.92 Å². The summed E-state index contributed by atoms with van der Waals surface area (Å²) in [7, 11) is 0. The van der Waals surface area contributed by atoms with E-state index in [9.17, 15) is 10.1 Å². The van der Waals surface area contributed by atoms with Gasteiger partial charge in [0.25, 0.3) is 0 Å². The van der Waals surface area contributed by atoms with Gasteiger partial charge in [0.05, 0.1) is 31.0 Å². The minimum absolute atomic E-state index is 0.0469. The third-order valence-electron chi connectivity index (χ3n) is 5.20. The average Bonchev–Trinajstić information content (AvgIpc) is 2.87. The van der Waals surface area contributed by atoms with Gasteiger partial charge in [0.1, 0.15) is 33.2 Å². The number of carbonyl (C=O) groups is 1. The first-order valence-electron chi connectivity index (χ1n) is 10.0. The summed E-state index contributed by atoms with van der Waals surface area (Å²) in [4.78, 5) is 12.5. The molecule has 0 saturated carbocycles. The molecule has 1 heterocycles. The SMILES string of the molecule is N#CC1=C(N)Oc2cc(OC(=O)COc3c(Cl)c(Cl)c(Cl)c(Cl)c3Cl)ccc2C1c1ccc(Cl)c(Cl)c1. The van der Waals surface area contributed by atoms with Crippen LogP contribution >= 0.6 is 81.2 Å². The van der Waals surface area contributed by atoms with Crippen LogP contribution in [0.3, 0.4) is 0 Å². The van der Waals surface area contributed by atoms with Crippen molar-refractivity contribution in [1.29, 1.82) is 5.26 Å². The number of nitrogens with two attached hydrogens (primary N) is 1. The van der Waals surface area contributed by atoms with E-state index in [1.807, 2.05) is 0 Å². The Labute approximate surface area is 245 Å². The predicted molar refractivity (Wildman–Crippen MR) is 145 cm³/mol. The zero-order chi connectivity index (χ0) is 27.0. The Bertz CT molecular complexity index is 1490. The number of halogens is 7. The lowest BCUT2D eigenvalue weighted by atomic mass is 9.83. The van der Waals surface area contributed by atoms with E-state index in [1.54, 1.807) is 24.3 Å². The van der Waals surface area contributed by atoms with E-state index < -0.39 is 18.5 Å². The van der Waals surface area contributed by atoms with Crippen LogP contribution in [0.5, 0.6) is 17.2 Å². The topological polar surface area (TPSA) is 94.6 Å². The molecule has 3 aromatic carbocycles. The van der Waals surface area contributed by atoms with Gasteiger partial charge in [0, 0.05) is 11.6 Å². The molecule has 0 spiro atoms. The molecule has 190 valence electrons. The number of benzene rings is 3. The maximum atomic E-state index is 12.5. The van der Waals surface area contributed by atoms with Crippen molar-refractivity contribution >= 4 is 87.2 Å². The molecule has 1 atom stereocenters. The average molecular weight is 640 g/mol. The fourth-order valence-electron chi connectivity index (χ4n) is 3.54. The van der Waals surface area contributed by atoms with Crippen molar-refractivity contribution in [3.63, 3.8) is 0 Å². The van der Waals surface area contributed by atoms with Crippen molar-refractivity contribution in [3.05, 3.63) is 94.1 Å². The van der Waals surface area contributed by atoms with Gasteiger partial charge >= 0.3 is 5.97 Å². The van der Waals surface area contributed by atoms with Crippen LogP contribution in [0.2, 0.25) is 35.2 Å². The van der Waals surface area contributed by atoms with E-state index in [1.165, 1.54) is 12.1 Å². The van der Waals surface area contributed by atoms with Crippen molar-refractivity contribution in [2.24, 2.45) is 5.73 Å². The molecular weight excluding hydrogens is 628 g/mol. The molecule has 0 aromatic heterocycles. The smallest absolute Gasteiger partial charge is 0.349 e. The normalized spacial score (nSPS) is 14.5. The van der Waals surface area contributed by atoms with Gasteiger partial charge < -0.3 is 19.9 Å². The van der Waals surface area contributed by atoms with E-state index in [2.05, 4.69) is 6.07 Å². The van der Waals surface area contributed by atoms with Crippen LogP contribution < -0.4 is 19.9 Å². The summed E-state index contributed by atoms with van der Waals surface area (Å²) >= 11 is 42.4. The van der Waals surface area contributed by atoms with E-state index in [4.69, 9.17) is 101 Å². The third kappa shape index (κ3) is 5.50. The Morgan fingerprint density at radius 1 is 0.919 bits per heavy atom. The Morgan fingerprint density at radius 2 is 1.57 bits per heavy atom. The van der Waals surface area contributed by atoms with Crippen molar-refractivity contribution in [3.8, 4) is 23.3 Å². The van der Waals surface area contributed by atoms with Crippen LogP contribution in [0.25, 0.3) is 0 Å². The maximum Gasteiger partial charge on any atom is 0.349 e. The van der Waals surface area contributed by atoms with Crippen molar-refractivity contribution in [2.75, 3.05) is 6.61 Å². The molecule has 6 nitrogen and oxygen atoms in total. The van der Waals surface area contributed by atoms with Gasteiger partial charge in [0.2, 0.25) is 5.88 Å². The molecule has 2 N–H and O–H groups in total. The Hall–Kier alpha value is -2.21. The number of nitriles is 1. The minimum atomic E-state index is -0.799. The lowest BCUT2D eigenvalue weighted by molar-refractivity contribution is -0.136. The first-order valence-corrected chi connectivity index (χ1v) is 12.7. The summed E-state index contributed by atoms with van der Waals surface area (Å²) in [5.41, 5.74) is 7.48. The Morgan fingerprint density at radius 3 is 2.19 bits per heavy atom.